The maximum Gasteiger partial charge on any atom is 0.0546 e. The van der Waals surface area contributed by atoms with Gasteiger partial charge in [0.05, 0.1) is 12.2 Å². The molecule has 2 aliphatic rings. The highest BCUT2D eigenvalue weighted by Gasteiger charge is 2.30. The summed E-state index contributed by atoms with van der Waals surface area (Å²) in [6.45, 7) is 4.73. The summed E-state index contributed by atoms with van der Waals surface area (Å²) in [4.78, 5) is 2.69. The van der Waals surface area contributed by atoms with E-state index in [0.29, 0.717) is 6.04 Å². The van der Waals surface area contributed by atoms with Crippen molar-refractivity contribution in [2.45, 2.75) is 51.1 Å². The van der Waals surface area contributed by atoms with E-state index in [-0.39, 0.29) is 0 Å². The number of hydrogen-bond acceptors (Lipinski definition) is 2. The first kappa shape index (κ1) is 10.3. The lowest BCUT2D eigenvalue weighted by molar-refractivity contribution is 0.0783. The highest BCUT2D eigenvalue weighted by molar-refractivity contribution is 5.01. The van der Waals surface area contributed by atoms with E-state index in [1.165, 1.54) is 50.8 Å². The quantitative estimate of drug-likeness (QED) is 0.723. The summed E-state index contributed by atoms with van der Waals surface area (Å²) in [5, 5.41) is 4.48. The number of nitrogens with zero attached hydrogens (tertiary/aromatic N) is 3. The molecule has 0 spiro atoms. The number of aromatic nitrogens is 2. The second-order valence-corrected chi connectivity index (χ2v) is 5.36. The van der Waals surface area contributed by atoms with Crippen molar-refractivity contribution in [2.24, 2.45) is 0 Å². The van der Waals surface area contributed by atoms with Gasteiger partial charge in [0.2, 0.25) is 0 Å². The molecule has 0 amide bonds. The fourth-order valence-electron chi connectivity index (χ4n) is 3.24. The van der Waals surface area contributed by atoms with Crippen LogP contribution in [0.3, 0.4) is 0 Å². The predicted molar refractivity (Wildman–Crippen MR) is 64.4 cm³/mol. The van der Waals surface area contributed by atoms with Crippen molar-refractivity contribution in [3.63, 3.8) is 0 Å². The van der Waals surface area contributed by atoms with E-state index in [9.17, 15) is 0 Å². The standard InChI is InChI=1S/C13H21N3/c1-11-9-14-16(10-11)13-5-7-15-6-3-2-4-12(15)8-13/h9-10,12-13H,2-8H2,1H3. The van der Waals surface area contributed by atoms with E-state index >= 15 is 0 Å². The zero-order valence-corrected chi connectivity index (χ0v) is 10.1. The summed E-state index contributed by atoms with van der Waals surface area (Å²) < 4.78 is 2.20. The SMILES string of the molecule is Cc1cnn(C2CCN3CCCCC3C2)c1. The lowest BCUT2D eigenvalue weighted by atomic mass is 9.90. The Labute approximate surface area is 97.4 Å². The molecule has 2 saturated heterocycles. The van der Waals surface area contributed by atoms with Gasteiger partial charge in [0.1, 0.15) is 0 Å². The van der Waals surface area contributed by atoms with Gasteiger partial charge in [-0.2, -0.15) is 5.10 Å². The van der Waals surface area contributed by atoms with Crippen LogP contribution in [0.15, 0.2) is 12.4 Å². The van der Waals surface area contributed by atoms with Crippen molar-refractivity contribution in [1.29, 1.82) is 0 Å². The first-order valence-corrected chi connectivity index (χ1v) is 6.58. The van der Waals surface area contributed by atoms with Crippen molar-refractivity contribution >= 4 is 0 Å². The van der Waals surface area contributed by atoms with Crippen LogP contribution in [0.5, 0.6) is 0 Å². The van der Waals surface area contributed by atoms with Crippen LogP contribution in [0.1, 0.15) is 43.7 Å². The van der Waals surface area contributed by atoms with Gasteiger partial charge in [-0.25, -0.2) is 0 Å². The van der Waals surface area contributed by atoms with Crippen LogP contribution in [0.25, 0.3) is 0 Å². The van der Waals surface area contributed by atoms with Crippen LogP contribution >= 0.6 is 0 Å². The normalized spacial score (nSPS) is 31.3. The van der Waals surface area contributed by atoms with Crippen LogP contribution in [0.4, 0.5) is 0 Å². The number of piperidine rings is 2. The number of rotatable bonds is 1. The summed E-state index contributed by atoms with van der Waals surface area (Å²) in [5.74, 6) is 0. The monoisotopic (exact) mass is 219 g/mol. The minimum absolute atomic E-state index is 0.646. The van der Waals surface area contributed by atoms with Gasteiger partial charge in [0.25, 0.3) is 0 Å². The smallest absolute Gasteiger partial charge is 0.0546 e. The fourth-order valence-corrected chi connectivity index (χ4v) is 3.24. The van der Waals surface area contributed by atoms with Crippen LogP contribution < -0.4 is 0 Å². The van der Waals surface area contributed by atoms with Crippen LogP contribution in [-0.2, 0) is 0 Å². The lowest BCUT2D eigenvalue weighted by Crippen LogP contribution is -2.45. The third kappa shape index (κ3) is 1.88. The Morgan fingerprint density at radius 3 is 2.94 bits per heavy atom. The third-order valence-corrected chi connectivity index (χ3v) is 4.15. The Morgan fingerprint density at radius 2 is 2.12 bits per heavy atom. The maximum absolute atomic E-state index is 4.48. The average molecular weight is 219 g/mol. The summed E-state index contributed by atoms with van der Waals surface area (Å²) in [7, 11) is 0. The first-order chi connectivity index (χ1) is 7.83. The van der Waals surface area contributed by atoms with Crippen molar-refractivity contribution in [3.8, 4) is 0 Å². The molecule has 2 fully saturated rings. The van der Waals surface area contributed by atoms with Gasteiger partial charge in [0.15, 0.2) is 0 Å². The molecule has 3 heteroatoms. The zero-order valence-electron chi connectivity index (χ0n) is 10.1. The summed E-state index contributed by atoms with van der Waals surface area (Å²) in [5.41, 5.74) is 1.28. The van der Waals surface area contributed by atoms with Crippen LogP contribution in [-0.4, -0.2) is 33.8 Å². The second kappa shape index (κ2) is 4.21. The van der Waals surface area contributed by atoms with Gasteiger partial charge in [0, 0.05) is 18.8 Å². The fraction of sp³-hybridized carbons (Fsp3) is 0.769. The van der Waals surface area contributed by atoms with Gasteiger partial charge >= 0.3 is 0 Å². The molecule has 16 heavy (non-hydrogen) atoms. The van der Waals surface area contributed by atoms with Crippen molar-refractivity contribution in [1.82, 2.24) is 14.7 Å². The molecule has 0 saturated carbocycles. The van der Waals surface area contributed by atoms with E-state index in [0.717, 1.165) is 6.04 Å². The second-order valence-electron chi connectivity index (χ2n) is 5.36. The van der Waals surface area contributed by atoms with Gasteiger partial charge in [-0.1, -0.05) is 6.42 Å². The molecule has 3 nitrogen and oxygen atoms in total. The highest BCUT2D eigenvalue weighted by atomic mass is 15.3. The largest absolute Gasteiger partial charge is 0.300 e. The van der Waals surface area contributed by atoms with E-state index in [1.54, 1.807) is 0 Å². The van der Waals surface area contributed by atoms with Gasteiger partial charge in [-0.05, 0) is 44.7 Å². The molecule has 0 N–H and O–H groups in total. The molecular weight excluding hydrogens is 198 g/mol. The maximum atomic E-state index is 4.48. The molecule has 0 aromatic carbocycles. The zero-order chi connectivity index (χ0) is 11.0. The topological polar surface area (TPSA) is 21.1 Å². The predicted octanol–water partition coefficient (Wildman–Crippen LogP) is 2.38. The van der Waals surface area contributed by atoms with E-state index in [1.807, 2.05) is 6.20 Å². The molecule has 0 aliphatic carbocycles. The number of fused-ring (bicyclic) bond motifs is 1. The Morgan fingerprint density at radius 1 is 1.19 bits per heavy atom. The van der Waals surface area contributed by atoms with Gasteiger partial charge < -0.3 is 4.90 Å². The summed E-state index contributed by atoms with van der Waals surface area (Å²) >= 11 is 0. The molecule has 88 valence electrons. The Kier molecular flexibility index (Phi) is 2.72. The van der Waals surface area contributed by atoms with E-state index in [2.05, 4.69) is 27.8 Å². The minimum atomic E-state index is 0.646. The molecule has 1 aromatic rings. The molecule has 3 rings (SSSR count). The Hall–Kier alpha value is -0.830. The first-order valence-electron chi connectivity index (χ1n) is 6.58. The third-order valence-electron chi connectivity index (χ3n) is 4.15. The Bertz CT molecular complexity index is 358. The Balaban J connectivity index is 1.70. The summed E-state index contributed by atoms with van der Waals surface area (Å²) in [6, 6.07) is 1.48. The molecule has 2 atom stereocenters. The summed E-state index contributed by atoms with van der Waals surface area (Å²) in [6.07, 6.45) is 11.0. The van der Waals surface area contributed by atoms with Crippen molar-refractivity contribution < 1.29 is 0 Å². The molecule has 1 aromatic heterocycles. The molecule has 0 bridgehead atoms. The van der Waals surface area contributed by atoms with E-state index in [4.69, 9.17) is 0 Å². The van der Waals surface area contributed by atoms with Crippen molar-refractivity contribution in [3.05, 3.63) is 18.0 Å². The molecule has 2 aliphatic heterocycles. The number of aryl methyl sites for hydroxylation is 1. The van der Waals surface area contributed by atoms with Crippen LogP contribution in [0, 0.1) is 6.92 Å². The molecule has 0 radical (unpaired) electrons. The molecular formula is C13H21N3. The van der Waals surface area contributed by atoms with Gasteiger partial charge in [-0.15, -0.1) is 0 Å². The minimum Gasteiger partial charge on any atom is -0.300 e. The van der Waals surface area contributed by atoms with E-state index < -0.39 is 0 Å². The average Bonchev–Trinajstić information content (AvgIpc) is 2.75. The molecule has 3 heterocycles. The van der Waals surface area contributed by atoms with Crippen molar-refractivity contribution in [2.75, 3.05) is 13.1 Å². The lowest BCUT2D eigenvalue weighted by Gasteiger charge is -2.42. The molecule has 2 unspecified atom stereocenters. The van der Waals surface area contributed by atoms with Gasteiger partial charge in [-0.3, -0.25) is 4.68 Å². The van der Waals surface area contributed by atoms with Crippen LogP contribution in [0.2, 0.25) is 0 Å². The number of hydrogen-bond donors (Lipinski definition) is 0. The highest BCUT2D eigenvalue weighted by Crippen LogP contribution is 2.31.